The van der Waals surface area contributed by atoms with E-state index >= 15 is 0 Å². The Balaban J connectivity index is 1.83. The van der Waals surface area contributed by atoms with Crippen LogP contribution >= 0.6 is 0 Å². The second-order valence-electron chi connectivity index (χ2n) is 10.5. The van der Waals surface area contributed by atoms with Crippen molar-refractivity contribution in [2.45, 2.75) is 72.8 Å². The maximum absolute atomic E-state index is 10.8. The molecule has 0 unspecified atom stereocenters. The lowest BCUT2D eigenvalue weighted by Gasteiger charge is -2.24. The fourth-order valence-corrected chi connectivity index (χ4v) is 4.72. The Morgan fingerprint density at radius 2 is 1.29 bits per heavy atom. The maximum Gasteiger partial charge on any atom is 0.264 e. The van der Waals surface area contributed by atoms with Crippen LogP contribution in [-0.2, 0) is 16.7 Å². The van der Waals surface area contributed by atoms with Crippen LogP contribution in [0, 0.1) is 0 Å². The van der Waals surface area contributed by atoms with Gasteiger partial charge in [-0.25, -0.2) is 4.57 Å². The van der Waals surface area contributed by atoms with Gasteiger partial charge >= 0.3 is 0 Å². The number of unbranched alkanes of at least 4 members (excludes halogenated alkanes) is 3. The number of nitrogens with zero attached hydrogens (tertiary/aromatic N) is 2. The molecule has 1 aromatic carbocycles. The van der Waals surface area contributed by atoms with E-state index in [4.69, 9.17) is 4.55 Å². The van der Waals surface area contributed by atoms with Gasteiger partial charge in [0.05, 0.1) is 5.75 Å². The second kappa shape index (κ2) is 19.0. The molecule has 0 saturated heterocycles. The first kappa shape index (κ1) is 34.0. The van der Waals surface area contributed by atoms with Gasteiger partial charge in [0.15, 0.2) is 12.4 Å². The van der Waals surface area contributed by atoms with Crippen molar-refractivity contribution in [1.82, 2.24) is 0 Å². The molecule has 0 bridgehead atoms. The quantitative estimate of drug-likeness (QED) is 0.0839. The molecule has 222 valence electrons. The van der Waals surface area contributed by atoms with Gasteiger partial charge in [-0.15, -0.1) is 0 Å². The summed E-state index contributed by atoms with van der Waals surface area (Å²) in [7, 11) is -3.87. The summed E-state index contributed by atoms with van der Waals surface area (Å²) in [4.78, 5) is 2.51. The molecule has 0 aliphatic rings. The highest BCUT2D eigenvalue weighted by Crippen LogP contribution is 2.18. The van der Waals surface area contributed by atoms with Crippen LogP contribution in [0.5, 0.6) is 0 Å². The molecule has 1 heterocycles. The fraction of sp³-hybridized carbons (Fsp3) is 0.400. The smallest absolute Gasteiger partial charge is 0.264 e. The summed E-state index contributed by atoms with van der Waals surface area (Å²) in [6.07, 6.45) is 26.8. The van der Waals surface area contributed by atoms with Crippen LogP contribution in [0.25, 0.3) is 12.2 Å². The number of aryl methyl sites for hydroxylation is 1. The van der Waals surface area contributed by atoms with Crippen molar-refractivity contribution in [2.75, 3.05) is 23.7 Å². The van der Waals surface area contributed by atoms with Crippen molar-refractivity contribution in [1.29, 1.82) is 0 Å². The van der Waals surface area contributed by atoms with Gasteiger partial charge in [-0.2, -0.15) is 8.42 Å². The lowest BCUT2D eigenvalue weighted by Crippen LogP contribution is -2.32. The number of hydrogen-bond acceptors (Lipinski definition) is 3. The summed E-state index contributed by atoms with van der Waals surface area (Å²) in [5.41, 5.74) is 5.96. The van der Waals surface area contributed by atoms with Crippen LogP contribution in [0.15, 0.2) is 96.4 Å². The van der Waals surface area contributed by atoms with E-state index in [9.17, 15) is 8.42 Å². The highest BCUT2D eigenvalue weighted by Gasteiger charge is 2.06. The van der Waals surface area contributed by atoms with Crippen LogP contribution in [-0.4, -0.2) is 31.8 Å². The molecule has 0 fully saturated rings. The van der Waals surface area contributed by atoms with Crippen molar-refractivity contribution < 1.29 is 17.5 Å². The zero-order chi connectivity index (χ0) is 29.9. The summed E-state index contributed by atoms with van der Waals surface area (Å²) < 4.78 is 32.4. The number of rotatable bonds is 18. The van der Waals surface area contributed by atoms with Gasteiger partial charge in [0, 0.05) is 37.3 Å². The molecule has 0 aliphatic heterocycles. The highest BCUT2D eigenvalue weighted by molar-refractivity contribution is 7.85. The number of aromatic nitrogens is 1. The minimum Gasteiger partial charge on any atom is -0.372 e. The lowest BCUT2D eigenvalue weighted by atomic mass is 10.1. The van der Waals surface area contributed by atoms with Gasteiger partial charge < -0.3 is 4.90 Å². The van der Waals surface area contributed by atoms with Crippen molar-refractivity contribution in [2.24, 2.45) is 0 Å². The molecular weight excluding hydrogens is 528 g/mol. The normalized spacial score (nSPS) is 13.2. The molecule has 0 saturated carbocycles. The van der Waals surface area contributed by atoms with E-state index in [-0.39, 0.29) is 5.75 Å². The Kier molecular flexibility index (Phi) is 15.7. The van der Waals surface area contributed by atoms with Gasteiger partial charge in [-0.1, -0.05) is 98.6 Å². The van der Waals surface area contributed by atoms with E-state index < -0.39 is 10.1 Å². The fourth-order valence-electron chi connectivity index (χ4n) is 4.15. The predicted octanol–water partition coefficient (Wildman–Crippen LogP) is 8.22. The van der Waals surface area contributed by atoms with Crippen molar-refractivity contribution in [3.05, 3.63) is 108 Å². The monoisotopic (exact) mass is 577 g/mol. The van der Waals surface area contributed by atoms with Gasteiger partial charge in [0.25, 0.3) is 10.1 Å². The first-order valence-corrected chi connectivity index (χ1v) is 16.5. The minimum absolute atomic E-state index is 0.188. The summed E-state index contributed by atoms with van der Waals surface area (Å²) in [6.45, 7) is 11.7. The van der Waals surface area contributed by atoms with Gasteiger partial charge in [-0.05, 0) is 56.4 Å². The number of allylic oxidation sites excluding steroid dienone is 8. The molecule has 5 nitrogen and oxygen atoms in total. The van der Waals surface area contributed by atoms with Crippen LogP contribution < -0.4 is 9.47 Å². The zero-order valence-corrected chi connectivity index (χ0v) is 26.2. The molecule has 1 N–H and O–H groups in total. The van der Waals surface area contributed by atoms with Gasteiger partial charge in [0.1, 0.15) is 6.54 Å². The van der Waals surface area contributed by atoms with E-state index in [2.05, 4.69) is 105 Å². The SMILES string of the molecule is CCCCN(CCCC)c1ccc(C=CC(C)=CC=CC=C(C)C=Cc2cc[n+](CCCCS(=O)(=O)O)cc2)cc1. The van der Waals surface area contributed by atoms with Gasteiger partial charge in [-0.3, -0.25) is 4.55 Å². The van der Waals surface area contributed by atoms with Crippen molar-refractivity contribution in [3.8, 4) is 0 Å². The first-order chi connectivity index (χ1) is 19.7. The van der Waals surface area contributed by atoms with E-state index in [0.29, 0.717) is 19.4 Å². The molecular formula is C35H49N2O3S+. The third kappa shape index (κ3) is 15.4. The number of hydrogen-bond donors (Lipinski definition) is 1. The molecule has 0 radical (unpaired) electrons. The Morgan fingerprint density at radius 1 is 0.780 bits per heavy atom. The van der Waals surface area contributed by atoms with Crippen LogP contribution in [0.1, 0.15) is 77.3 Å². The lowest BCUT2D eigenvalue weighted by molar-refractivity contribution is -0.697. The molecule has 6 heteroatoms. The molecule has 0 spiro atoms. The van der Waals surface area contributed by atoms with Crippen molar-refractivity contribution in [3.63, 3.8) is 0 Å². The van der Waals surface area contributed by atoms with Gasteiger partial charge in [0.2, 0.25) is 0 Å². The summed E-state index contributed by atoms with van der Waals surface area (Å²) in [6, 6.07) is 13.0. The third-order valence-electron chi connectivity index (χ3n) is 6.71. The number of pyridine rings is 1. The maximum atomic E-state index is 10.8. The first-order valence-electron chi connectivity index (χ1n) is 14.9. The van der Waals surface area contributed by atoms with Crippen LogP contribution in [0.2, 0.25) is 0 Å². The number of anilines is 1. The molecule has 41 heavy (non-hydrogen) atoms. The van der Waals surface area contributed by atoms with Crippen LogP contribution in [0.3, 0.4) is 0 Å². The zero-order valence-electron chi connectivity index (χ0n) is 25.4. The second-order valence-corrected chi connectivity index (χ2v) is 12.1. The van der Waals surface area contributed by atoms with E-state index in [1.54, 1.807) is 0 Å². The standard InChI is InChI=1S/C35H48N2O3S/c1-5-7-26-37(27-8-6-2)35-21-19-33(20-22-35)17-15-31(3)13-9-10-14-32(4)16-18-34-23-28-36(29-24-34)25-11-12-30-41(38,39)40/h9-10,13-24,28-29H,5-8,11-12,25-27,30H2,1-4H3/p+1. The molecule has 2 rings (SSSR count). The predicted molar refractivity (Wildman–Crippen MR) is 175 cm³/mol. The van der Waals surface area contributed by atoms with E-state index in [0.717, 1.165) is 24.2 Å². The average Bonchev–Trinajstić information content (AvgIpc) is 2.96. The third-order valence-corrected chi connectivity index (χ3v) is 7.52. The minimum atomic E-state index is -3.87. The van der Waals surface area contributed by atoms with Crippen molar-refractivity contribution >= 4 is 28.0 Å². The molecule has 0 aliphatic carbocycles. The Bertz CT molecular complexity index is 1280. The molecule has 1 aromatic heterocycles. The largest absolute Gasteiger partial charge is 0.372 e. The van der Waals surface area contributed by atoms with E-state index in [1.807, 2.05) is 29.1 Å². The summed E-state index contributed by atoms with van der Waals surface area (Å²) in [5, 5.41) is 0. The van der Waals surface area contributed by atoms with E-state index in [1.165, 1.54) is 42.5 Å². The van der Waals surface area contributed by atoms with Crippen LogP contribution in [0.4, 0.5) is 5.69 Å². The molecule has 2 aromatic rings. The molecule has 0 atom stereocenters. The Hall–Kier alpha value is -3.22. The molecule has 0 amide bonds. The topological polar surface area (TPSA) is 61.5 Å². The average molecular weight is 578 g/mol. The summed E-state index contributed by atoms with van der Waals surface area (Å²) in [5.74, 6) is -0.188. The summed E-state index contributed by atoms with van der Waals surface area (Å²) >= 11 is 0. The Labute approximate surface area is 249 Å². The number of benzene rings is 1. The Morgan fingerprint density at radius 3 is 1.78 bits per heavy atom. The highest BCUT2D eigenvalue weighted by atomic mass is 32.2.